The normalized spacial score (nSPS) is 10.4. The number of thioether (sulfide) groups is 1. The highest BCUT2D eigenvalue weighted by molar-refractivity contribution is 8.01. The molecule has 0 bridgehead atoms. The SMILES string of the molecule is COc1ccc(CCNC(=O)Cc2csc(SCC(=O)Nc3ccc(NC(C)=O)cc3)n2)cc1OC. The molecule has 1 aromatic heterocycles. The van der Waals surface area contributed by atoms with E-state index in [1.807, 2.05) is 23.6 Å². The third kappa shape index (κ3) is 8.58. The summed E-state index contributed by atoms with van der Waals surface area (Å²) in [6.07, 6.45) is 0.838. The Balaban J connectivity index is 1.38. The van der Waals surface area contributed by atoms with Crippen LogP contribution in [0.2, 0.25) is 0 Å². The molecule has 36 heavy (non-hydrogen) atoms. The van der Waals surface area contributed by atoms with Gasteiger partial charge in [-0.05, 0) is 48.4 Å². The lowest BCUT2D eigenvalue weighted by molar-refractivity contribution is -0.120. The third-order valence-electron chi connectivity index (χ3n) is 4.87. The average molecular weight is 529 g/mol. The van der Waals surface area contributed by atoms with Crippen molar-refractivity contribution in [2.24, 2.45) is 0 Å². The van der Waals surface area contributed by atoms with Gasteiger partial charge in [-0.25, -0.2) is 4.98 Å². The number of anilines is 2. The molecule has 190 valence electrons. The van der Waals surface area contributed by atoms with Crippen molar-refractivity contribution in [3.8, 4) is 11.5 Å². The Labute approximate surface area is 218 Å². The summed E-state index contributed by atoms with van der Waals surface area (Å²) in [5.74, 6) is 1.07. The van der Waals surface area contributed by atoms with Crippen molar-refractivity contribution >= 4 is 52.2 Å². The number of amides is 3. The zero-order valence-corrected chi connectivity index (χ0v) is 21.9. The van der Waals surface area contributed by atoms with Crippen molar-refractivity contribution in [3.05, 3.63) is 59.1 Å². The van der Waals surface area contributed by atoms with Crippen LogP contribution in [0.4, 0.5) is 11.4 Å². The van der Waals surface area contributed by atoms with Gasteiger partial charge in [-0.15, -0.1) is 11.3 Å². The summed E-state index contributed by atoms with van der Waals surface area (Å²) < 4.78 is 11.3. The van der Waals surface area contributed by atoms with E-state index in [0.29, 0.717) is 41.5 Å². The number of nitrogens with one attached hydrogen (secondary N) is 3. The van der Waals surface area contributed by atoms with E-state index in [-0.39, 0.29) is 29.9 Å². The molecule has 2 aromatic carbocycles. The van der Waals surface area contributed by atoms with E-state index in [1.54, 1.807) is 38.5 Å². The van der Waals surface area contributed by atoms with Crippen molar-refractivity contribution in [2.75, 3.05) is 37.2 Å². The molecular weight excluding hydrogens is 500 g/mol. The van der Waals surface area contributed by atoms with Gasteiger partial charge >= 0.3 is 0 Å². The van der Waals surface area contributed by atoms with Crippen LogP contribution in [0.1, 0.15) is 18.2 Å². The largest absolute Gasteiger partial charge is 0.493 e. The van der Waals surface area contributed by atoms with E-state index >= 15 is 0 Å². The first-order valence-electron chi connectivity index (χ1n) is 11.1. The second kappa shape index (κ2) is 13.5. The standard InChI is InChI=1S/C25H28N4O5S2/c1-16(30)27-18-5-7-19(8-6-18)28-24(32)15-36-25-29-20(14-35-25)13-23(31)26-11-10-17-4-9-21(33-2)22(12-17)34-3/h4-9,12,14H,10-11,13,15H2,1-3H3,(H,26,31)(H,27,30)(H,28,32). The van der Waals surface area contributed by atoms with Crippen molar-refractivity contribution in [1.82, 2.24) is 10.3 Å². The van der Waals surface area contributed by atoms with Gasteiger partial charge in [-0.1, -0.05) is 17.8 Å². The number of carbonyl (C=O) groups is 3. The molecule has 0 atom stereocenters. The number of carbonyl (C=O) groups excluding carboxylic acids is 3. The Hall–Kier alpha value is -3.57. The van der Waals surface area contributed by atoms with E-state index < -0.39 is 0 Å². The van der Waals surface area contributed by atoms with Gasteiger partial charge in [0.05, 0.1) is 32.1 Å². The van der Waals surface area contributed by atoms with Crippen molar-refractivity contribution in [2.45, 2.75) is 24.1 Å². The molecule has 3 rings (SSSR count). The molecule has 0 saturated heterocycles. The molecule has 3 aromatic rings. The summed E-state index contributed by atoms with van der Waals surface area (Å²) in [5.41, 5.74) is 3.00. The monoisotopic (exact) mass is 528 g/mol. The van der Waals surface area contributed by atoms with Gasteiger partial charge in [0.2, 0.25) is 17.7 Å². The Morgan fingerprint density at radius 1 is 0.944 bits per heavy atom. The summed E-state index contributed by atoms with van der Waals surface area (Å²) in [7, 11) is 3.18. The number of methoxy groups -OCH3 is 2. The fourth-order valence-corrected chi connectivity index (χ4v) is 4.85. The van der Waals surface area contributed by atoms with Crippen LogP contribution in [0.25, 0.3) is 0 Å². The number of rotatable bonds is 12. The van der Waals surface area contributed by atoms with Crippen molar-refractivity contribution in [1.29, 1.82) is 0 Å². The van der Waals surface area contributed by atoms with Gasteiger partial charge in [-0.2, -0.15) is 0 Å². The molecule has 0 aliphatic heterocycles. The van der Waals surface area contributed by atoms with Gasteiger partial charge in [0.15, 0.2) is 15.8 Å². The van der Waals surface area contributed by atoms with Crippen LogP contribution in [0, 0.1) is 0 Å². The summed E-state index contributed by atoms with van der Waals surface area (Å²) >= 11 is 2.71. The quantitative estimate of drug-likeness (QED) is 0.306. The molecule has 3 amide bonds. The molecule has 0 fully saturated rings. The average Bonchev–Trinajstić information content (AvgIpc) is 3.30. The van der Waals surface area contributed by atoms with Gasteiger partial charge in [0.1, 0.15) is 0 Å². The van der Waals surface area contributed by atoms with E-state index in [1.165, 1.54) is 30.0 Å². The summed E-state index contributed by atoms with van der Waals surface area (Å²) in [4.78, 5) is 40.1. The fourth-order valence-electron chi connectivity index (χ4n) is 3.21. The third-order valence-corrected chi connectivity index (χ3v) is 6.94. The van der Waals surface area contributed by atoms with E-state index in [2.05, 4.69) is 20.9 Å². The van der Waals surface area contributed by atoms with Crippen LogP contribution < -0.4 is 25.4 Å². The lowest BCUT2D eigenvalue weighted by atomic mass is 10.1. The van der Waals surface area contributed by atoms with E-state index in [9.17, 15) is 14.4 Å². The molecule has 0 radical (unpaired) electrons. The zero-order chi connectivity index (χ0) is 25.9. The molecule has 0 aliphatic rings. The number of aromatic nitrogens is 1. The molecule has 0 unspecified atom stereocenters. The summed E-state index contributed by atoms with van der Waals surface area (Å²) in [5, 5.41) is 10.2. The lowest BCUT2D eigenvalue weighted by Crippen LogP contribution is -2.27. The topological polar surface area (TPSA) is 119 Å². The molecule has 3 N–H and O–H groups in total. The minimum atomic E-state index is -0.170. The van der Waals surface area contributed by atoms with Gasteiger partial charge in [0.25, 0.3) is 0 Å². The summed E-state index contributed by atoms with van der Waals surface area (Å²) in [6, 6.07) is 12.6. The van der Waals surface area contributed by atoms with Gasteiger partial charge < -0.3 is 25.4 Å². The number of hydrogen-bond donors (Lipinski definition) is 3. The number of thiazole rings is 1. The lowest BCUT2D eigenvalue weighted by Gasteiger charge is -2.10. The van der Waals surface area contributed by atoms with Gasteiger partial charge in [-0.3, -0.25) is 14.4 Å². The molecule has 0 spiro atoms. The zero-order valence-electron chi connectivity index (χ0n) is 20.3. The van der Waals surface area contributed by atoms with Crippen molar-refractivity contribution in [3.63, 3.8) is 0 Å². The second-order valence-electron chi connectivity index (χ2n) is 7.67. The van der Waals surface area contributed by atoms with Crippen LogP contribution in [0.3, 0.4) is 0 Å². The molecule has 11 heteroatoms. The van der Waals surface area contributed by atoms with Crippen LogP contribution in [-0.2, 0) is 27.2 Å². The highest BCUT2D eigenvalue weighted by Gasteiger charge is 2.11. The first kappa shape index (κ1) is 27.0. The Kier molecular flexibility index (Phi) is 10.1. The molecular formula is C25H28N4O5S2. The number of hydrogen-bond acceptors (Lipinski definition) is 8. The number of ether oxygens (including phenoxy) is 2. The Morgan fingerprint density at radius 2 is 1.64 bits per heavy atom. The minimum Gasteiger partial charge on any atom is -0.493 e. The Morgan fingerprint density at radius 3 is 2.31 bits per heavy atom. The fraction of sp³-hybridized carbons (Fsp3) is 0.280. The highest BCUT2D eigenvalue weighted by Crippen LogP contribution is 2.27. The van der Waals surface area contributed by atoms with E-state index in [4.69, 9.17) is 9.47 Å². The van der Waals surface area contributed by atoms with E-state index in [0.717, 1.165) is 9.90 Å². The number of benzene rings is 2. The molecule has 9 nitrogen and oxygen atoms in total. The minimum absolute atomic E-state index is 0.113. The van der Waals surface area contributed by atoms with Gasteiger partial charge in [0, 0.05) is 30.2 Å². The second-order valence-corrected chi connectivity index (χ2v) is 9.75. The Bertz CT molecular complexity index is 1200. The van der Waals surface area contributed by atoms with Crippen LogP contribution >= 0.6 is 23.1 Å². The molecule has 0 saturated carbocycles. The predicted octanol–water partition coefficient (Wildman–Crippen LogP) is 3.75. The maximum atomic E-state index is 12.3. The maximum Gasteiger partial charge on any atom is 0.234 e. The molecule has 1 heterocycles. The highest BCUT2D eigenvalue weighted by atomic mass is 32.2. The molecule has 0 aliphatic carbocycles. The smallest absolute Gasteiger partial charge is 0.234 e. The van der Waals surface area contributed by atoms with Crippen LogP contribution in [0.5, 0.6) is 11.5 Å². The van der Waals surface area contributed by atoms with Crippen molar-refractivity contribution < 1.29 is 23.9 Å². The van der Waals surface area contributed by atoms with Crippen LogP contribution in [0.15, 0.2) is 52.2 Å². The first-order valence-corrected chi connectivity index (χ1v) is 12.9. The first-order chi connectivity index (χ1) is 17.4. The number of nitrogens with zero attached hydrogens (tertiary/aromatic N) is 1. The predicted molar refractivity (Wildman–Crippen MR) is 142 cm³/mol. The maximum absolute atomic E-state index is 12.3. The van der Waals surface area contributed by atoms with Crippen LogP contribution in [-0.4, -0.2) is 49.2 Å². The summed E-state index contributed by atoms with van der Waals surface area (Å²) in [6.45, 7) is 1.93.